The summed E-state index contributed by atoms with van der Waals surface area (Å²) in [6, 6.07) is 6.98. The lowest BCUT2D eigenvalue weighted by Crippen LogP contribution is -2.32. The summed E-state index contributed by atoms with van der Waals surface area (Å²) in [5, 5.41) is 2.73. The third-order valence-corrected chi connectivity index (χ3v) is 5.07. The Labute approximate surface area is 160 Å². The number of nitrogens with one attached hydrogen (secondary N) is 2. The van der Waals surface area contributed by atoms with Gasteiger partial charge in [-0.1, -0.05) is 0 Å². The standard InChI is InChI=1S/C17H18F3N3O4S/c1-12(13-6-9-21-10-7-13)23-16(24)8-11-22-28(25,26)15-4-2-14(3-5-15)27-17(18,19)20/h2-7,9-10,12,22H,8,11H2,1H3,(H,23,24). The normalized spacial score (nSPS) is 13.0. The molecule has 1 heterocycles. The first-order chi connectivity index (χ1) is 13.1. The molecule has 0 bridgehead atoms. The predicted molar refractivity (Wildman–Crippen MR) is 93.7 cm³/mol. The number of hydrogen-bond acceptors (Lipinski definition) is 5. The molecule has 0 spiro atoms. The van der Waals surface area contributed by atoms with Crippen LogP contribution in [0.3, 0.4) is 0 Å². The Morgan fingerprint density at radius 3 is 2.32 bits per heavy atom. The fourth-order valence-corrected chi connectivity index (χ4v) is 3.28. The Balaban J connectivity index is 1.85. The molecule has 2 rings (SSSR count). The summed E-state index contributed by atoms with van der Waals surface area (Å²) in [7, 11) is -3.97. The number of hydrogen-bond donors (Lipinski definition) is 2. The van der Waals surface area contributed by atoms with Crippen LogP contribution in [0, 0.1) is 0 Å². The van der Waals surface area contributed by atoms with Crippen molar-refractivity contribution in [1.82, 2.24) is 15.0 Å². The van der Waals surface area contributed by atoms with Crippen molar-refractivity contribution in [3.05, 3.63) is 54.4 Å². The molecule has 2 N–H and O–H groups in total. The number of alkyl halides is 3. The number of amides is 1. The molecule has 152 valence electrons. The van der Waals surface area contributed by atoms with Gasteiger partial charge in [-0.25, -0.2) is 13.1 Å². The molecule has 2 aromatic rings. The maximum absolute atomic E-state index is 12.1. The number of halogens is 3. The van der Waals surface area contributed by atoms with Crippen molar-refractivity contribution in [3.63, 3.8) is 0 Å². The summed E-state index contributed by atoms with van der Waals surface area (Å²) < 4.78 is 66.6. The first kappa shape index (κ1) is 21.6. The SMILES string of the molecule is CC(NC(=O)CCNS(=O)(=O)c1ccc(OC(F)(F)F)cc1)c1ccncc1. The van der Waals surface area contributed by atoms with Gasteiger partial charge in [0.1, 0.15) is 5.75 Å². The molecule has 0 saturated carbocycles. The van der Waals surface area contributed by atoms with E-state index in [2.05, 4.69) is 19.8 Å². The molecule has 0 aliphatic rings. The van der Waals surface area contributed by atoms with E-state index in [0.717, 1.165) is 29.8 Å². The first-order valence-corrected chi connectivity index (χ1v) is 9.60. The van der Waals surface area contributed by atoms with Gasteiger partial charge in [0.05, 0.1) is 10.9 Å². The number of ether oxygens (including phenoxy) is 1. The van der Waals surface area contributed by atoms with Crippen LogP contribution < -0.4 is 14.8 Å². The highest BCUT2D eigenvalue weighted by Gasteiger charge is 2.31. The molecule has 1 unspecified atom stereocenters. The highest BCUT2D eigenvalue weighted by atomic mass is 32.2. The maximum atomic E-state index is 12.1. The Hall–Kier alpha value is -2.66. The number of benzene rings is 1. The highest BCUT2D eigenvalue weighted by molar-refractivity contribution is 7.89. The second kappa shape index (κ2) is 9.02. The van der Waals surface area contributed by atoms with Crippen LogP contribution in [0.15, 0.2) is 53.7 Å². The van der Waals surface area contributed by atoms with Gasteiger partial charge in [0.25, 0.3) is 0 Å². The van der Waals surface area contributed by atoms with Crippen molar-refractivity contribution in [2.45, 2.75) is 30.6 Å². The average Bonchev–Trinajstić information content (AvgIpc) is 2.61. The molecule has 0 aliphatic carbocycles. The minimum Gasteiger partial charge on any atom is -0.406 e. The molecule has 1 aromatic heterocycles. The maximum Gasteiger partial charge on any atom is 0.573 e. The van der Waals surface area contributed by atoms with Crippen LogP contribution in [0.1, 0.15) is 24.9 Å². The van der Waals surface area contributed by atoms with E-state index in [4.69, 9.17) is 0 Å². The molecular weight excluding hydrogens is 399 g/mol. The highest BCUT2D eigenvalue weighted by Crippen LogP contribution is 2.23. The minimum atomic E-state index is -4.86. The van der Waals surface area contributed by atoms with Gasteiger partial charge >= 0.3 is 6.36 Å². The number of sulfonamides is 1. The smallest absolute Gasteiger partial charge is 0.406 e. The van der Waals surface area contributed by atoms with Crippen LogP contribution in [0.4, 0.5) is 13.2 Å². The Morgan fingerprint density at radius 1 is 1.14 bits per heavy atom. The van der Waals surface area contributed by atoms with Crippen LogP contribution in [-0.2, 0) is 14.8 Å². The quantitative estimate of drug-likeness (QED) is 0.688. The lowest BCUT2D eigenvalue weighted by molar-refractivity contribution is -0.274. The summed E-state index contributed by atoms with van der Waals surface area (Å²) in [5.74, 6) is -0.892. The van der Waals surface area contributed by atoms with Crippen molar-refractivity contribution in [2.24, 2.45) is 0 Å². The van der Waals surface area contributed by atoms with Gasteiger partial charge in [-0.05, 0) is 48.9 Å². The monoisotopic (exact) mass is 417 g/mol. The van der Waals surface area contributed by atoms with Crippen molar-refractivity contribution < 1.29 is 31.1 Å². The molecule has 0 radical (unpaired) electrons. The first-order valence-electron chi connectivity index (χ1n) is 8.11. The number of rotatable bonds is 8. The number of carbonyl (C=O) groups is 1. The number of pyridine rings is 1. The topological polar surface area (TPSA) is 97.4 Å². The predicted octanol–water partition coefficient (Wildman–Crippen LogP) is 2.53. The fraction of sp³-hybridized carbons (Fsp3) is 0.294. The van der Waals surface area contributed by atoms with E-state index in [1.54, 1.807) is 31.5 Å². The summed E-state index contributed by atoms with van der Waals surface area (Å²) in [6.45, 7) is 1.61. The van der Waals surface area contributed by atoms with Gasteiger partial charge < -0.3 is 10.1 Å². The van der Waals surface area contributed by atoms with Gasteiger partial charge in [-0.15, -0.1) is 13.2 Å². The van der Waals surface area contributed by atoms with Crippen LogP contribution in [-0.4, -0.2) is 32.2 Å². The number of carbonyl (C=O) groups excluding carboxylic acids is 1. The van der Waals surface area contributed by atoms with E-state index < -0.39 is 22.1 Å². The molecule has 1 atom stereocenters. The van der Waals surface area contributed by atoms with Crippen LogP contribution in [0.25, 0.3) is 0 Å². The fourth-order valence-electron chi connectivity index (χ4n) is 2.25. The molecule has 0 aliphatic heterocycles. The molecule has 1 aromatic carbocycles. The van der Waals surface area contributed by atoms with E-state index >= 15 is 0 Å². The Morgan fingerprint density at radius 2 is 1.75 bits per heavy atom. The average molecular weight is 417 g/mol. The number of nitrogens with zero attached hydrogens (tertiary/aromatic N) is 1. The number of aromatic nitrogens is 1. The summed E-state index contributed by atoms with van der Waals surface area (Å²) in [5.41, 5.74) is 0.852. The van der Waals surface area contributed by atoms with E-state index in [0.29, 0.717) is 0 Å². The zero-order valence-corrected chi connectivity index (χ0v) is 15.5. The van der Waals surface area contributed by atoms with Crippen molar-refractivity contribution in [1.29, 1.82) is 0 Å². The van der Waals surface area contributed by atoms with Gasteiger partial charge in [0.15, 0.2) is 0 Å². The molecular formula is C17H18F3N3O4S. The van der Waals surface area contributed by atoms with Gasteiger partial charge in [0, 0.05) is 25.4 Å². The molecule has 1 amide bonds. The van der Waals surface area contributed by atoms with Gasteiger partial charge in [-0.2, -0.15) is 0 Å². The lowest BCUT2D eigenvalue weighted by atomic mass is 10.1. The molecule has 7 nitrogen and oxygen atoms in total. The molecule has 11 heteroatoms. The van der Waals surface area contributed by atoms with Crippen molar-refractivity contribution in [2.75, 3.05) is 6.54 Å². The second-order valence-corrected chi connectivity index (χ2v) is 7.50. The van der Waals surface area contributed by atoms with E-state index in [-0.39, 0.29) is 29.8 Å². The van der Waals surface area contributed by atoms with E-state index in [1.165, 1.54) is 0 Å². The van der Waals surface area contributed by atoms with Crippen LogP contribution in [0.5, 0.6) is 5.75 Å². The van der Waals surface area contributed by atoms with Gasteiger partial charge in [-0.3, -0.25) is 9.78 Å². The summed E-state index contributed by atoms with van der Waals surface area (Å²) in [4.78, 5) is 15.6. The van der Waals surface area contributed by atoms with Crippen LogP contribution >= 0.6 is 0 Å². The molecule has 0 saturated heterocycles. The van der Waals surface area contributed by atoms with E-state index in [1.807, 2.05) is 0 Å². The van der Waals surface area contributed by atoms with Crippen LogP contribution in [0.2, 0.25) is 0 Å². The molecule has 28 heavy (non-hydrogen) atoms. The largest absolute Gasteiger partial charge is 0.573 e. The molecule has 0 fully saturated rings. The zero-order valence-electron chi connectivity index (χ0n) is 14.7. The Kier molecular flexibility index (Phi) is 6.97. The van der Waals surface area contributed by atoms with Gasteiger partial charge in [0.2, 0.25) is 15.9 Å². The second-order valence-electron chi connectivity index (χ2n) is 5.74. The third-order valence-electron chi connectivity index (χ3n) is 3.60. The lowest BCUT2D eigenvalue weighted by Gasteiger charge is -2.14. The third kappa shape index (κ3) is 6.82. The van der Waals surface area contributed by atoms with E-state index in [9.17, 15) is 26.4 Å². The summed E-state index contributed by atoms with van der Waals surface area (Å²) >= 11 is 0. The zero-order chi connectivity index (χ0) is 20.8. The Bertz CT molecular complexity index is 888. The summed E-state index contributed by atoms with van der Waals surface area (Å²) in [6.07, 6.45) is -1.78. The minimum absolute atomic E-state index is 0.107. The van der Waals surface area contributed by atoms with Crippen molar-refractivity contribution in [3.8, 4) is 5.75 Å². The van der Waals surface area contributed by atoms with Crippen molar-refractivity contribution >= 4 is 15.9 Å².